The van der Waals surface area contributed by atoms with Crippen LogP contribution in [0.25, 0.3) is 65.4 Å². The quantitative estimate of drug-likeness (QED) is 0.170. The van der Waals surface area contributed by atoms with Gasteiger partial charge in [0.1, 0.15) is 11.2 Å². The highest BCUT2D eigenvalue weighted by atomic mass is 16.4. The van der Waals surface area contributed by atoms with Crippen LogP contribution in [0.2, 0.25) is 0 Å². The van der Waals surface area contributed by atoms with Gasteiger partial charge in [-0.05, 0) is 169 Å². The van der Waals surface area contributed by atoms with E-state index in [2.05, 4.69) is 207 Å². The van der Waals surface area contributed by atoms with Gasteiger partial charge < -0.3 is 18.6 Å². The summed E-state index contributed by atoms with van der Waals surface area (Å²) in [5.74, 6) is 0. The minimum Gasteiger partial charge on any atom is -0.452 e. The lowest BCUT2D eigenvalue weighted by Crippen LogP contribution is -2.09. The summed E-state index contributed by atoms with van der Waals surface area (Å²) >= 11 is 0. The molecule has 0 saturated heterocycles. The smallest absolute Gasteiger partial charge is 0.178 e. The Morgan fingerprint density at radius 2 is 0.724 bits per heavy atom. The number of hydrogen-bond acceptors (Lipinski definition) is 4. The number of benzene rings is 9. The maximum atomic E-state index is 6.87. The fourth-order valence-electron chi connectivity index (χ4n) is 8.95. The normalized spacial score (nSPS) is 11.8. The molecule has 0 saturated carbocycles. The average Bonchev–Trinajstić information content (AvgIpc) is 3.80. The molecule has 4 nitrogen and oxygen atoms in total. The molecule has 4 heteroatoms. The van der Waals surface area contributed by atoms with Crippen LogP contribution in [0.3, 0.4) is 0 Å². The number of anilines is 6. The number of fused-ring (bicyclic) bond motifs is 9. The molecule has 0 unspecified atom stereocenters. The highest BCUT2D eigenvalue weighted by Gasteiger charge is 2.23. The zero-order valence-electron chi connectivity index (χ0n) is 32.9. The zero-order chi connectivity index (χ0) is 39.1. The van der Waals surface area contributed by atoms with E-state index in [0.717, 1.165) is 99.5 Å². The van der Waals surface area contributed by atoms with Crippen molar-refractivity contribution in [2.45, 2.75) is 27.7 Å². The Balaban J connectivity index is 1.07. The maximum absolute atomic E-state index is 6.87. The number of aryl methyl sites for hydroxylation is 4. The number of rotatable bonds is 6. The molecule has 0 atom stereocenters. The largest absolute Gasteiger partial charge is 0.452 e. The van der Waals surface area contributed by atoms with E-state index in [9.17, 15) is 0 Å². The Hall–Kier alpha value is -7.30. The predicted octanol–water partition coefficient (Wildman–Crippen LogP) is 16.0. The van der Waals surface area contributed by atoms with E-state index in [0.29, 0.717) is 0 Å². The summed E-state index contributed by atoms with van der Waals surface area (Å²) in [5.41, 5.74) is 14.8. The SMILES string of the molecule is Cc1cccc(N(c2ccccc2)c2ccc3cc4c(cc3c2)oc2c3oc5cc6cc(N(c7ccccc7)c7cccc(C)c7)ccc6cc5c3c(C)c(C)c42)c1. The van der Waals surface area contributed by atoms with Crippen LogP contribution in [0, 0.1) is 27.7 Å². The Morgan fingerprint density at radius 1 is 0.328 bits per heavy atom. The van der Waals surface area contributed by atoms with Crippen LogP contribution in [-0.4, -0.2) is 0 Å². The Labute approximate surface area is 336 Å². The van der Waals surface area contributed by atoms with Gasteiger partial charge in [0.05, 0.1) is 0 Å². The standard InChI is InChI=1S/C54H40N2O2/c1-33-13-11-19-43(25-33)55(41-15-7-5-8-16-41)45-23-21-37-29-47-49(31-39(37)27-45)57-53-51(47)35(3)36(4)52-48-30-38-22-24-46(28-40(38)32-50(48)58-54(52)53)56(42-17-9-6-10-18-42)44-20-12-14-34(2)26-44/h5-32H,1-4H3. The van der Waals surface area contributed by atoms with E-state index in [1.807, 2.05) is 0 Å². The van der Waals surface area contributed by atoms with Crippen molar-refractivity contribution < 1.29 is 8.83 Å². The summed E-state index contributed by atoms with van der Waals surface area (Å²) < 4.78 is 13.7. The monoisotopic (exact) mass is 748 g/mol. The molecule has 2 aromatic heterocycles. The van der Waals surface area contributed by atoms with E-state index < -0.39 is 0 Å². The van der Waals surface area contributed by atoms with E-state index in [1.54, 1.807) is 0 Å². The molecule has 0 N–H and O–H groups in total. The number of hydrogen-bond donors (Lipinski definition) is 0. The first-order valence-corrected chi connectivity index (χ1v) is 19.9. The fourth-order valence-corrected chi connectivity index (χ4v) is 8.95. The Kier molecular flexibility index (Phi) is 7.70. The van der Waals surface area contributed by atoms with E-state index >= 15 is 0 Å². The van der Waals surface area contributed by atoms with Gasteiger partial charge in [0, 0.05) is 55.7 Å². The summed E-state index contributed by atoms with van der Waals surface area (Å²) in [4.78, 5) is 4.63. The van der Waals surface area contributed by atoms with E-state index in [4.69, 9.17) is 8.83 Å². The molecule has 11 rings (SSSR count). The van der Waals surface area contributed by atoms with Crippen LogP contribution in [0.5, 0.6) is 0 Å². The lowest BCUT2D eigenvalue weighted by molar-refractivity contribution is 0.633. The van der Waals surface area contributed by atoms with Gasteiger partial charge in [-0.25, -0.2) is 0 Å². The minimum atomic E-state index is 0.796. The summed E-state index contributed by atoms with van der Waals surface area (Å²) in [5, 5.41) is 8.98. The van der Waals surface area contributed by atoms with Gasteiger partial charge in [0.15, 0.2) is 11.2 Å². The molecule has 9 aromatic carbocycles. The number of furan rings is 2. The lowest BCUT2D eigenvalue weighted by Gasteiger charge is -2.26. The first-order chi connectivity index (χ1) is 28.4. The second-order valence-electron chi connectivity index (χ2n) is 15.6. The Bertz CT molecular complexity index is 3170. The molecule has 0 amide bonds. The third-order valence-electron chi connectivity index (χ3n) is 11.8. The second kappa shape index (κ2) is 13.1. The van der Waals surface area contributed by atoms with Crippen molar-refractivity contribution in [3.8, 4) is 0 Å². The average molecular weight is 749 g/mol. The minimum absolute atomic E-state index is 0.796. The molecular formula is C54H40N2O2. The molecule has 0 aliphatic carbocycles. The van der Waals surface area contributed by atoms with Crippen LogP contribution in [-0.2, 0) is 0 Å². The van der Waals surface area contributed by atoms with Crippen LogP contribution >= 0.6 is 0 Å². The van der Waals surface area contributed by atoms with Crippen molar-refractivity contribution in [3.63, 3.8) is 0 Å². The van der Waals surface area contributed by atoms with Crippen LogP contribution in [0.15, 0.2) is 179 Å². The third kappa shape index (κ3) is 5.44. The van der Waals surface area contributed by atoms with Gasteiger partial charge in [-0.3, -0.25) is 0 Å². The van der Waals surface area contributed by atoms with E-state index in [-0.39, 0.29) is 0 Å². The van der Waals surface area contributed by atoms with Crippen LogP contribution in [0.4, 0.5) is 34.1 Å². The third-order valence-corrected chi connectivity index (χ3v) is 11.8. The van der Waals surface area contributed by atoms with Crippen LogP contribution < -0.4 is 9.80 Å². The van der Waals surface area contributed by atoms with Crippen molar-refractivity contribution in [1.82, 2.24) is 0 Å². The maximum Gasteiger partial charge on any atom is 0.178 e. The van der Waals surface area contributed by atoms with Crippen molar-refractivity contribution >= 4 is 99.5 Å². The molecule has 0 fully saturated rings. The van der Waals surface area contributed by atoms with Gasteiger partial charge in [0.2, 0.25) is 0 Å². The number of nitrogens with zero attached hydrogens (tertiary/aromatic N) is 2. The fraction of sp³-hybridized carbons (Fsp3) is 0.0741. The predicted molar refractivity (Wildman–Crippen MR) is 244 cm³/mol. The van der Waals surface area contributed by atoms with Gasteiger partial charge in [-0.2, -0.15) is 0 Å². The molecule has 0 aliphatic heterocycles. The highest BCUT2D eigenvalue weighted by molar-refractivity contribution is 6.23. The highest BCUT2D eigenvalue weighted by Crippen LogP contribution is 2.46. The first-order valence-electron chi connectivity index (χ1n) is 19.9. The molecular weight excluding hydrogens is 709 g/mol. The van der Waals surface area contributed by atoms with Crippen molar-refractivity contribution in [2.24, 2.45) is 0 Å². The molecule has 58 heavy (non-hydrogen) atoms. The summed E-state index contributed by atoms with van der Waals surface area (Å²) in [7, 11) is 0. The van der Waals surface area contributed by atoms with Crippen molar-refractivity contribution in [1.29, 1.82) is 0 Å². The summed E-state index contributed by atoms with van der Waals surface area (Å²) in [6.45, 7) is 8.71. The van der Waals surface area contributed by atoms with Gasteiger partial charge in [0.25, 0.3) is 0 Å². The van der Waals surface area contributed by atoms with E-state index in [1.165, 1.54) is 22.3 Å². The summed E-state index contributed by atoms with van der Waals surface area (Å²) in [6.07, 6.45) is 0. The lowest BCUT2D eigenvalue weighted by atomic mass is 9.96. The van der Waals surface area contributed by atoms with Crippen molar-refractivity contribution in [2.75, 3.05) is 9.80 Å². The van der Waals surface area contributed by atoms with Gasteiger partial charge in [-0.15, -0.1) is 0 Å². The molecule has 0 bridgehead atoms. The molecule has 2 heterocycles. The number of para-hydroxylation sites is 2. The Morgan fingerprint density at radius 3 is 1.14 bits per heavy atom. The summed E-state index contributed by atoms with van der Waals surface area (Å²) in [6, 6.07) is 60.8. The zero-order valence-corrected chi connectivity index (χ0v) is 32.9. The topological polar surface area (TPSA) is 32.8 Å². The van der Waals surface area contributed by atoms with Gasteiger partial charge >= 0.3 is 0 Å². The molecule has 0 aliphatic rings. The molecule has 11 aromatic rings. The van der Waals surface area contributed by atoms with Crippen molar-refractivity contribution in [3.05, 3.63) is 192 Å². The second-order valence-corrected chi connectivity index (χ2v) is 15.6. The molecule has 278 valence electrons. The first kappa shape index (κ1) is 34.0. The molecule has 0 spiro atoms. The van der Waals surface area contributed by atoms with Gasteiger partial charge in [-0.1, -0.05) is 72.8 Å². The molecule has 0 radical (unpaired) electrons. The van der Waals surface area contributed by atoms with Crippen LogP contribution in [0.1, 0.15) is 22.3 Å².